The SMILES string of the molecule is COc1cc2nc(C[NH+]3CCCCCC3)[nH]c(=O)c2cc1OC. The van der Waals surface area contributed by atoms with E-state index in [1.165, 1.54) is 30.6 Å². The van der Waals surface area contributed by atoms with Gasteiger partial charge in [0.25, 0.3) is 5.56 Å². The molecule has 0 saturated carbocycles. The first kappa shape index (κ1) is 15.8. The van der Waals surface area contributed by atoms with Crippen molar-refractivity contribution < 1.29 is 14.4 Å². The van der Waals surface area contributed by atoms with Gasteiger partial charge in [-0.15, -0.1) is 0 Å². The lowest BCUT2D eigenvalue weighted by molar-refractivity contribution is -0.913. The number of methoxy groups -OCH3 is 2. The number of aromatic nitrogens is 2. The van der Waals surface area contributed by atoms with Crippen molar-refractivity contribution in [1.29, 1.82) is 0 Å². The van der Waals surface area contributed by atoms with E-state index < -0.39 is 0 Å². The summed E-state index contributed by atoms with van der Waals surface area (Å²) in [5, 5.41) is 0.525. The molecule has 1 saturated heterocycles. The molecule has 2 N–H and O–H groups in total. The number of nitrogens with zero attached hydrogens (tertiary/aromatic N) is 1. The van der Waals surface area contributed by atoms with E-state index in [9.17, 15) is 4.79 Å². The molecule has 0 spiro atoms. The molecule has 1 aromatic carbocycles. The molecule has 0 radical (unpaired) electrons. The lowest BCUT2D eigenvalue weighted by atomic mass is 10.2. The minimum Gasteiger partial charge on any atom is -0.493 e. The second kappa shape index (κ2) is 7.00. The molecule has 2 aromatic rings. The molecule has 0 amide bonds. The largest absolute Gasteiger partial charge is 0.493 e. The highest BCUT2D eigenvalue weighted by Gasteiger charge is 2.16. The first-order valence-corrected chi connectivity index (χ1v) is 8.19. The minimum absolute atomic E-state index is 0.125. The summed E-state index contributed by atoms with van der Waals surface area (Å²) in [6.45, 7) is 3.06. The fourth-order valence-corrected chi connectivity index (χ4v) is 3.24. The van der Waals surface area contributed by atoms with Gasteiger partial charge in [0, 0.05) is 6.07 Å². The van der Waals surface area contributed by atoms with Crippen LogP contribution in [0.4, 0.5) is 0 Å². The molecule has 0 atom stereocenters. The van der Waals surface area contributed by atoms with Crippen LogP contribution < -0.4 is 19.9 Å². The van der Waals surface area contributed by atoms with Crippen LogP contribution in [0.1, 0.15) is 31.5 Å². The van der Waals surface area contributed by atoms with Crippen molar-refractivity contribution in [3.8, 4) is 11.5 Å². The Morgan fingerprint density at radius 1 is 1.09 bits per heavy atom. The molecule has 124 valence electrons. The van der Waals surface area contributed by atoms with Gasteiger partial charge in [0.2, 0.25) is 0 Å². The average Bonchev–Trinajstić information content (AvgIpc) is 2.82. The lowest BCUT2D eigenvalue weighted by Crippen LogP contribution is -3.10. The molecular formula is C17H24N3O3+. The molecule has 2 heterocycles. The molecule has 0 unspecified atom stereocenters. The van der Waals surface area contributed by atoms with Gasteiger partial charge in [-0.25, -0.2) is 4.98 Å². The maximum Gasteiger partial charge on any atom is 0.259 e. The Balaban J connectivity index is 1.94. The van der Waals surface area contributed by atoms with Gasteiger partial charge in [-0.1, -0.05) is 0 Å². The fourth-order valence-electron chi connectivity index (χ4n) is 3.24. The molecule has 0 bridgehead atoms. The van der Waals surface area contributed by atoms with Crippen LogP contribution in [0.15, 0.2) is 16.9 Å². The highest BCUT2D eigenvalue weighted by atomic mass is 16.5. The highest BCUT2D eigenvalue weighted by molar-refractivity contribution is 5.81. The van der Waals surface area contributed by atoms with E-state index >= 15 is 0 Å². The van der Waals surface area contributed by atoms with Crippen molar-refractivity contribution in [3.63, 3.8) is 0 Å². The highest BCUT2D eigenvalue weighted by Crippen LogP contribution is 2.29. The van der Waals surface area contributed by atoms with Crippen LogP contribution in [-0.2, 0) is 6.54 Å². The monoisotopic (exact) mass is 318 g/mol. The molecule has 1 fully saturated rings. The Hall–Kier alpha value is -2.08. The average molecular weight is 318 g/mol. The van der Waals surface area contributed by atoms with Gasteiger partial charge in [0.15, 0.2) is 17.3 Å². The summed E-state index contributed by atoms with van der Waals surface area (Å²) in [7, 11) is 3.14. The Labute approximate surface area is 135 Å². The predicted molar refractivity (Wildman–Crippen MR) is 88.3 cm³/mol. The molecule has 0 aliphatic carbocycles. The molecule has 1 aliphatic heterocycles. The number of quaternary nitrogens is 1. The van der Waals surface area contributed by atoms with Gasteiger partial charge in [-0.3, -0.25) is 4.79 Å². The second-order valence-electron chi connectivity index (χ2n) is 6.08. The summed E-state index contributed by atoms with van der Waals surface area (Å²) in [5.41, 5.74) is 0.524. The van der Waals surface area contributed by atoms with E-state index in [0.29, 0.717) is 22.4 Å². The standard InChI is InChI=1S/C17H23N3O3/c1-22-14-9-12-13(10-15(14)23-2)18-16(19-17(12)21)11-20-7-5-3-4-6-8-20/h9-10H,3-8,11H2,1-2H3,(H,18,19,21)/p+1. The van der Waals surface area contributed by atoms with Gasteiger partial charge < -0.3 is 19.4 Å². The first-order chi connectivity index (χ1) is 11.2. The zero-order valence-corrected chi connectivity index (χ0v) is 13.8. The van der Waals surface area contributed by atoms with E-state index in [2.05, 4.69) is 9.97 Å². The van der Waals surface area contributed by atoms with Crippen LogP contribution in [0.5, 0.6) is 11.5 Å². The number of nitrogens with one attached hydrogen (secondary N) is 2. The van der Waals surface area contributed by atoms with Crippen LogP contribution in [0, 0.1) is 0 Å². The summed E-state index contributed by atoms with van der Waals surface area (Å²) >= 11 is 0. The third-order valence-corrected chi connectivity index (χ3v) is 4.49. The van der Waals surface area contributed by atoms with E-state index in [0.717, 1.165) is 25.5 Å². The number of likely N-dealkylation sites (tertiary alicyclic amines) is 1. The van der Waals surface area contributed by atoms with Gasteiger partial charge >= 0.3 is 0 Å². The Bertz CT molecular complexity index is 734. The third kappa shape index (κ3) is 3.47. The topological polar surface area (TPSA) is 68.7 Å². The molecule has 6 nitrogen and oxygen atoms in total. The summed E-state index contributed by atoms with van der Waals surface area (Å²) in [4.78, 5) is 21.4. The van der Waals surface area contributed by atoms with Gasteiger partial charge in [0.1, 0.15) is 6.54 Å². The van der Waals surface area contributed by atoms with Crippen molar-refractivity contribution in [1.82, 2.24) is 9.97 Å². The van der Waals surface area contributed by atoms with E-state index in [1.807, 2.05) is 0 Å². The number of ether oxygens (including phenoxy) is 2. The van der Waals surface area contributed by atoms with Crippen LogP contribution in [0.3, 0.4) is 0 Å². The Morgan fingerprint density at radius 2 is 1.74 bits per heavy atom. The van der Waals surface area contributed by atoms with Crippen LogP contribution >= 0.6 is 0 Å². The maximum absolute atomic E-state index is 12.4. The summed E-state index contributed by atoms with van der Waals surface area (Å²) < 4.78 is 10.6. The Morgan fingerprint density at radius 3 is 2.39 bits per heavy atom. The molecule has 6 heteroatoms. The molecule has 1 aliphatic rings. The van der Waals surface area contributed by atoms with E-state index in [4.69, 9.17) is 9.47 Å². The lowest BCUT2D eigenvalue weighted by Gasteiger charge is -2.16. The third-order valence-electron chi connectivity index (χ3n) is 4.49. The summed E-state index contributed by atoms with van der Waals surface area (Å²) in [5.74, 6) is 1.87. The molecule has 23 heavy (non-hydrogen) atoms. The number of rotatable bonds is 4. The van der Waals surface area contributed by atoms with Crippen LogP contribution in [0.2, 0.25) is 0 Å². The second-order valence-corrected chi connectivity index (χ2v) is 6.08. The number of benzene rings is 1. The van der Waals surface area contributed by atoms with Gasteiger partial charge in [-0.2, -0.15) is 0 Å². The van der Waals surface area contributed by atoms with E-state index in [1.54, 1.807) is 26.4 Å². The van der Waals surface area contributed by atoms with Crippen molar-refractivity contribution in [3.05, 3.63) is 28.3 Å². The Kier molecular flexibility index (Phi) is 4.81. The first-order valence-electron chi connectivity index (χ1n) is 8.19. The number of fused-ring (bicyclic) bond motifs is 1. The van der Waals surface area contributed by atoms with Crippen LogP contribution in [0.25, 0.3) is 10.9 Å². The number of hydrogen-bond donors (Lipinski definition) is 2. The van der Waals surface area contributed by atoms with Crippen LogP contribution in [-0.4, -0.2) is 37.3 Å². The minimum atomic E-state index is -0.125. The number of aromatic amines is 1. The molecular weight excluding hydrogens is 294 g/mol. The van der Waals surface area contributed by atoms with Gasteiger partial charge in [-0.05, 0) is 31.7 Å². The molecule has 1 aromatic heterocycles. The zero-order valence-electron chi connectivity index (χ0n) is 13.8. The van der Waals surface area contributed by atoms with Crippen molar-refractivity contribution in [2.24, 2.45) is 0 Å². The van der Waals surface area contributed by atoms with Crippen molar-refractivity contribution in [2.45, 2.75) is 32.2 Å². The predicted octanol–water partition coefficient (Wildman–Crippen LogP) is 0.899. The quantitative estimate of drug-likeness (QED) is 0.879. The number of hydrogen-bond acceptors (Lipinski definition) is 4. The smallest absolute Gasteiger partial charge is 0.259 e. The summed E-state index contributed by atoms with van der Waals surface area (Å²) in [6, 6.07) is 3.45. The molecule has 3 rings (SSSR count). The fraction of sp³-hybridized carbons (Fsp3) is 0.529. The normalized spacial score (nSPS) is 16.3. The van der Waals surface area contributed by atoms with Crippen molar-refractivity contribution >= 4 is 10.9 Å². The number of H-pyrrole nitrogens is 1. The van der Waals surface area contributed by atoms with E-state index in [-0.39, 0.29) is 5.56 Å². The van der Waals surface area contributed by atoms with Gasteiger partial charge in [0.05, 0.1) is 38.2 Å². The van der Waals surface area contributed by atoms with Crippen molar-refractivity contribution in [2.75, 3.05) is 27.3 Å². The zero-order chi connectivity index (χ0) is 16.2. The maximum atomic E-state index is 12.4. The summed E-state index contributed by atoms with van der Waals surface area (Å²) in [6.07, 6.45) is 5.11.